The van der Waals surface area contributed by atoms with Gasteiger partial charge in [-0.25, -0.2) is 0 Å². The summed E-state index contributed by atoms with van der Waals surface area (Å²) in [5.41, 5.74) is 6.70. The van der Waals surface area contributed by atoms with Gasteiger partial charge in [0.2, 0.25) is 0 Å². The Kier molecular flexibility index (Phi) is 3.55. The van der Waals surface area contributed by atoms with Crippen LogP contribution in [-0.2, 0) is 0 Å². The minimum Gasteiger partial charge on any atom is -0.0806 e. The van der Waals surface area contributed by atoms with Gasteiger partial charge in [0, 0.05) is 0 Å². The fourth-order valence-electron chi connectivity index (χ4n) is 3.12. The van der Waals surface area contributed by atoms with Gasteiger partial charge in [-0.05, 0) is 50.2 Å². The van der Waals surface area contributed by atoms with Gasteiger partial charge in [-0.3, -0.25) is 0 Å². The first kappa shape index (κ1) is 13.6. The van der Waals surface area contributed by atoms with Crippen LogP contribution in [0.3, 0.4) is 0 Å². The topological polar surface area (TPSA) is 0 Å². The summed E-state index contributed by atoms with van der Waals surface area (Å²) in [6, 6.07) is 0. The van der Waals surface area contributed by atoms with Crippen LogP contribution in [0, 0.1) is 5.41 Å². The predicted octanol–water partition coefficient (Wildman–Crippen LogP) is 4.43. The molecule has 0 aliphatic heterocycles. The molecule has 0 heterocycles. The highest BCUT2D eigenvalue weighted by molar-refractivity contribution is 6.55. The van der Waals surface area contributed by atoms with Crippen molar-refractivity contribution < 1.29 is 0 Å². The quantitative estimate of drug-likeness (QED) is 0.643. The number of hydrogen-bond donors (Lipinski definition) is 0. The fourth-order valence-corrected chi connectivity index (χ4v) is 5.81. The minimum absolute atomic E-state index is 0.219. The second-order valence-electron chi connectivity index (χ2n) is 6.86. The van der Waals surface area contributed by atoms with Crippen LogP contribution in [0.15, 0.2) is 44.8 Å². The molecule has 2 aliphatic rings. The van der Waals surface area contributed by atoms with Crippen LogP contribution in [0.5, 0.6) is 0 Å². The molecule has 0 amide bonds. The maximum absolute atomic E-state index is 2.38. The number of rotatable bonds is 2. The van der Waals surface area contributed by atoms with Crippen LogP contribution >= 0.6 is 0 Å². The van der Waals surface area contributed by atoms with Gasteiger partial charge in [0.1, 0.15) is 0 Å². The second-order valence-corrected chi connectivity index (χ2v) is 8.92. The third kappa shape index (κ3) is 2.47. The molecule has 0 saturated carbocycles. The zero-order chi connectivity index (χ0) is 13.5. The molecule has 0 saturated heterocycles. The Morgan fingerprint density at radius 1 is 1.00 bits per heavy atom. The molecule has 0 fully saturated rings. The summed E-state index contributed by atoms with van der Waals surface area (Å²) < 4.78 is 0. The van der Waals surface area contributed by atoms with Crippen molar-refractivity contribution in [3.8, 4) is 0 Å². The first-order chi connectivity index (χ1) is 8.30. The van der Waals surface area contributed by atoms with Crippen LogP contribution in [0.2, 0.25) is 0 Å². The Balaban J connectivity index is 2.23. The molecule has 0 atom stereocenters. The van der Waals surface area contributed by atoms with Crippen LogP contribution in [0.4, 0.5) is 0 Å². The highest BCUT2D eigenvalue weighted by Gasteiger charge is 2.24. The molecule has 0 bridgehead atoms. The normalized spacial score (nSPS) is 21.4. The Morgan fingerprint density at radius 2 is 1.67 bits per heavy atom. The lowest BCUT2D eigenvalue weighted by atomic mass is 9.87. The van der Waals surface area contributed by atoms with Crippen molar-refractivity contribution >= 4 is 9.52 Å². The molecule has 0 spiro atoms. The van der Waals surface area contributed by atoms with Crippen molar-refractivity contribution in [2.24, 2.45) is 5.41 Å². The Morgan fingerprint density at radius 3 is 2.17 bits per heavy atom. The molecular formula is C17H26Si. The lowest BCUT2D eigenvalue weighted by molar-refractivity contribution is 0.516. The van der Waals surface area contributed by atoms with Crippen molar-refractivity contribution in [2.75, 3.05) is 0 Å². The third-order valence-corrected chi connectivity index (χ3v) is 6.78. The van der Waals surface area contributed by atoms with Gasteiger partial charge < -0.3 is 0 Å². The highest BCUT2D eigenvalue weighted by atomic mass is 28.2. The van der Waals surface area contributed by atoms with Gasteiger partial charge in [0.25, 0.3) is 0 Å². The van der Waals surface area contributed by atoms with E-state index in [1.807, 2.05) is 0 Å². The van der Waals surface area contributed by atoms with Crippen molar-refractivity contribution in [1.82, 2.24) is 0 Å². The van der Waals surface area contributed by atoms with Crippen molar-refractivity contribution in [3.63, 3.8) is 0 Å². The second kappa shape index (κ2) is 4.69. The van der Waals surface area contributed by atoms with E-state index in [-0.39, 0.29) is 9.52 Å². The van der Waals surface area contributed by atoms with Crippen LogP contribution in [0.25, 0.3) is 0 Å². The van der Waals surface area contributed by atoms with E-state index < -0.39 is 0 Å². The molecule has 0 N–H and O–H groups in total. The fraction of sp³-hybridized carbons (Fsp3) is 0.529. The molecule has 18 heavy (non-hydrogen) atoms. The van der Waals surface area contributed by atoms with E-state index in [0.29, 0.717) is 5.41 Å². The molecule has 98 valence electrons. The van der Waals surface area contributed by atoms with E-state index in [9.17, 15) is 0 Å². The summed E-state index contributed by atoms with van der Waals surface area (Å²) in [7, 11) is -0.219. The monoisotopic (exact) mass is 258 g/mol. The summed E-state index contributed by atoms with van der Waals surface area (Å²) in [6.07, 6.45) is 7.21. The summed E-state index contributed by atoms with van der Waals surface area (Å²) in [5.74, 6) is 0. The molecule has 2 rings (SSSR count). The first-order valence-corrected chi connectivity index (χ1v) is 8.46. The average Bonchev–Trinajstić information content (AvgIpc) is 2.81. The van der Waals surface area contributed by atoms with Gasteiger partial charge in [-0.1, -0.05) is 54.5 Å². The summed E-state index contributed by atoms with van der Waals surface area (Å²) >= 11 is 0. The van der Waals surface area contributed by atoms with E-state index >= 15 is 0 Å². The smallest absolute Gasteiger partial charge is 0.0789 e. The van der Waals surface area contributed by atoms with E-state index in [1.165, 1.54) is 12.8 Å². The Hall–Kier alpha value is -0.823. The molecular weight excluding hydrogens is 232 g/mol. The Bertz CT molecular complexity index is 490. The number of allylic oxidation sites excluding steroid dienone is 8. The minimum atomic E-state index is -0.219. The van der Waals surface area contributed by atoms with Crippen LogP contribution in [-0.4, -0.2) is 9.52 Å². The van der Waals surface area contributed by atoms with E-state index in [2.05, 4.69) is 53.7 Å². The summed E-state index contributed by atoms with van der Waals surface area (Å²) in [6.45, 7) is 13.9. The molecule has 0 aromatic carbocycles. The van der Waals surface area contributed by atoms with Gasteiger partial charge in [-0.15, -0.1) is 0 Å². The van der Waals surface area contributed by atoms with Gasteiger partial charge in [0.05, 0.1) is 9.52 Å². The number of hydrogen-bond acceptors (Lipinski definition) is 0. The first-order valence-electron chi connectivity index (χ1n) is 7.05. The summed E-state index contributed by atoms with van der Waals surface area (Å²) in [4.78, 5) is 0. The van der Waals surface area contributed by atoms with Crippen LogP contribution < -0.4 is 0 Å². The van der Waals surface area contributed by atoms with Gasteiger partial charge >= 0.3 is 0 Å². The molecule has 0 radical (unpaired) electrons. The molecule has 0 unspecified atom stereocenters. The average molecular weight is 258 g/mol. The molecule has 0 nitrogen and oxygen atoms in total. The zero-order valence-electron chi connectivity index (χ0n) is 12.8. The maximum Gasteiger partial charge on any atom is 0.0789 e. The van der Waals surface area contributed by atoms with E-state index in [1.54, 1.807) is 32.7 Å². The molecule has 0 aromatic rings. The van der Waals surface area contributed by atoms with Crippen LogP contribution in [0.1, 0.15) is 54.4 Å². The lowest BCUT2D eigenvalue weighted by Crippen LogP contribution is -2.12. The SMILES string of the molecule is CC1=C(C)C(C)=C([SiH2]C2=C(C(C)(C)C)C=CC2)C1. The van der Waals surface area contributed by atoms with Gasteiger partial charge in [-0.2, -0.15) is 0 Å². The van der Waals surface area contributed by atoms with E-state index in [4.69, 9.17) is 0 Å². The Labute approximate surface area is 114 Å². The summed E-state index contributed by atoms with van der Waals surface area (Å²) in [5, 5.41) is 3.56. The molecule has 2 aliphatic carbocycles. The largest absolute Gasteiger partial charge is 0.0806 e. The predicted molar refractivity (Wildman–Crippen MR) is 84.5 cm³/mol. The van der Waals surface area contributed by atoms with Crippen molar-refractivity contribution in [2.45, 2.75) is 54.4 Å². The molecule has 0 aromatic heterocycles. The standard InChI is InChI=1S/C17H26Si/c1-11-10-16(13(3)12(11)2)18-15-9-7-8-14(15)17(4,5)6/h7-8H,9-10,18H2,1-6H3. The lowest BCUT2D eigenvalue weighted by Gasteiger charge is -2.22. The van der Waals surface area contributed by atoms with E-state index in [0.717, 1.165) is 0 Å². The highest BCUT2D eigenvalue weighted by Crippen LogP contribution is 2.37. The third-order valence-electron chi connectivity index (χ3n) is 4.48. The van der Waals surface area contributed by atoms with Crippen molar-refractivity contribution in [1.29, 1.82) is 0 Å². The van der Waals surface area contributed by atoms with Crippen molar-refractivity contribution in [3.05, 3.63) is 44.8 Å². The molecule has 1 heteroatoms. The zero-order valence-corrected chi connectivity index (χ0v) is 14.2. The van der Waals surface area contributed by atoms with Gasteiger partial charge in [0.15, 0.2) is 0 Å². The maximum atomic E-state index is 2.38.